The van der Waals surface area contributed by atoms with Gasteiger partial charge in [0.25, 0.3) is 0 Å². The van der Waals surface area contributed by atoms with Gasteiger partial charge in [-0.25, -0.2) is 9.18 Å². The van der Waals surface area contributed by atoms with Crippen molar-refractivity contribution in [2.24, 2.45) is 0 Å². The maximum Gasteiger partial charge on any atom is 0.507 e. The Kier molecular flexibility index (Phi) is 3.47. The average molecular weight is 370 g/mol. The number of para-hydroxylation sites is 1. The zero-order valence-corrected chi connectivity index (χ0v) is 13.4. The summed E-state index contributed by atoms with van der Waals surface area (Å²) in [6, 6.07) is 7.77. The molecule has 0 bridgehead atoms. The predicted octanol–water partition coefficient (Wildman–Crippen LogP) is 4.47. The van der Waals surface area contributed by atoms with Crippen LogP contribution in [-0.4, -0.2) is 23.6 Å². The molecule has 0 aromatic heterocycles. The second kappa shape index (κ2) is 5.43. The largest absolute Gasteiger partial charge is 0.507 e. The molecule has 2 heterocycles. The topological polar surface area (TPSA) is 67.8 Å². The van der Waals surface area contributed by atoms with Crippen molar-refractivity contribution in [3.63, 3.8) is 0 Å². The van der Waals surface area contributed by atoms with Crippen LogP contribution in [0.1, 0.15) is 17.0 Å². The van der Waals surface area contributed by atoms with Crippen LogP contribution in [0.2, 0.25) is 10.0 Å². The quantitative estimate of drug-likeness (QED) is 0.725. The van der Waals surface area contributed by atoms with Gasteiger partial charge in [0.1, 0.15) is 0 Å². The molecule has 0 radical (unpaired) electrons. The number of halogens is 3. The highest BCUT2D eigenvalue weighted by Gasteiger charge is 2.48. The molecule has 0 aliphatic carbocycles. The van der Waals surface area contributed by atoms with Crippen LogP contribution in [0.4, 0.5) is 14.9 Å². The molecule has 0 amide bonds. The molecular weight excluding hydrogens is 360 g/mol. The number of fused-ring (bicyclic) bond motifs is 5. The molecule has 0 saturated carbocycles. The molecule has 0 spiro atoms. The second-order valence-electron chi connectivity index (χ2n) is 5.52. The van der Waals surface area contributed by atoms with Gasteiger partial charge in [-0.05, 0) is 18.2 Å². The molecule has 24 heavy (non-hydrogen) atoms. The Balaban J connectivity index is 1.91. The van der Waals surface area contributed by atoms with Crippen molar-refractivity contribution >= 4 is 35.0 Å². The summed E-state index contributed by atoms with van der Waals surface area (Å²) in [5.74, 6) is -0.921. The third kappa shape index (κ3) is 2.25. The minimum Gasteiger partial charge on any atom is -0.480 e. The third-order valence-corrected chi connectivity index (χ3v) is 4.68. The minimum atomic E-state index is -1.47. The van der Waals surface area contributed by atoms with Gasteiger partial charge in [-0.2, -0.15) is 0 Å². The number of benzene rings is 2. The van der Waals surface area contributed by atoms with E-state index in [9.17, 15) is 9.18 Å². The highest BCUT2D eigenvalue weighted by Crippen LogP contribution is 2.52. The van der Waals surface area contributed by atoms with E-state index in [1.165, 1.54) is 6.07 Å². The molecule has 2 aromatic rings. The van der Waals surface area contributed by atoms with E-state index in [2.05, 4.69) is 5.32 Å². The molecule has 2 aliphatic heterocycles. The lowest BCUT2D eigenvalue weighted by atomic mass is 9.83. The molecule has 3 atom stereocenters. The Morgan fingerprint density at radius 3 is 2.88 bits per heavy atom. The van der Waals surface area contributed by atoms with Crippen LogP contribution in [0.15, 0.2) is 30.3 Å². The lowest BCUT2D eigenvalue weighted by molar-refractivity contribution is 0.00492. The number of hydrogen-bond acceptors (Lipinski definition) is 4. The lowest BCUT2D eigenvalue weighted by Crippen LogP contribution is -2.46. The van der Waals surface area contributed by atoms with Crippen LogP contribution in [0.25, 0.3) is 0 Å². The summed E-state index contributed by atoms with van der Waals surface area (Å²) < 4.78 is 24.7. The van der Waals surface area contributed by atoms with Crippen LogP contribution in [-0.2, 0) is 4.74 Å². The molecular formula is C16H10Cl2FNO4. The van der Waals surface area contributed by atoms with E-state index in [0.717, 1.165) is 0 Å². The monoisotopic (exact) mass is 369 g/mol. The second-order valence-corrected chi connectivity index (χ2v) is 6.36. The van der Waals surface area contributed by atoms with Crippen molar-refractivity contribution < 1.29 is 23.8 Å². The SMILES string of the molecule is O=C(O)OC1Nc2cc(Cl)cc(Cl)c2C2c3cccc(F)c3OC12. The van der Waals surface area contributed by atoms with Gasteiger partial charge in [0.15, 0.2) is 17.7 Å². The van der Waals surface area contributed by atoms with Gasteiger partial charge in [0.2, 0.25) is 6.23 Å². The van der Waals surface area contributed by atoms with E-state index in [4.69, 9.17) is 37.8 Å². The van der Waals surface area contributed by atoms with Crippen molar-refractivity contribution in [3.05, 3.63) is 57.3 Å². The third-order valence-electron chi connectivity index (χ3n) is 4.14. The van der Waals surface area contributed by atoms with Gasteiger partial charge in [-0.15, -0.1) is 0 Å². The Hall–Kier alpha value is -2.18. The fraction of sp³-hybridized carbons (Fsp3) is 0.188. The Bertz CT molecular complexity index is 860. The average Bonchev–Trinajstić information content (AvgIpc) is 2.87. The van der Waals surface area contributed by atoms with Crippen LogP contribution < -0.4 is 10.1 Å². The summed E-state index contributed by atoms with van der Waals surface area (Å²) >= 11 is 12.4. The van der Waals surface area contributed by atoms with E-state index in [0.29, 0.717) is 26.9 Å². The summed E-state index contributed by atoms with van der Waals surface area (Å²) in [4.78, 5) is 11.0. The molecule has 5 nitrogen and oxygen atoms in total. The van der Waals surface area contributed by atoms with E-state index < -0.39 is 30.2 Å². The molecule has 0 fully saturated rings. The van der Waals surface area contributed by atoms with Crippen molar-refractivity contribution in [2.45, 2.75) is 18.2 Å². The molecule has 3 unspecified atom stereocenters. The van der Waals surface area contributed by atoms with Crippen LogP contribution in [0, 0.1) is 5.82 Å². The number of anilines is 1. The molecule has 4 rings (SSSR count). The summed E-state index contributed by atoms with van der Waals surface area (Å²) in [5.41, 5.74) is 1.78. The molecule has 2 N–H and O–H groups in total. The number of hydrogen-bond donors (Lipinski definition) is 2. The summed E-state index contributed by atoms with van der Waals surface area (Å²) in [6.45, 7) is 0. The normalized spacial score (nSPS) is 23.4. The van der Waals surface area contributed by atoms with Crippen molar-refractivity contribution in [2.75, 3.05) is 5.32 Å². The fourth-order valence-electron chi connectivity index (χ4n) is 3.29. The Morgan fingerprint density at radius 1 is 1.33 bits per heavy atom. The van der Waals surface area contributed by atoms with Crippen LogP contribution in [0.5, 0.6) is 5.75 Å². The molecule has 8 heteroatoms. The van der Waals surface area contributed by atoms with E-state index >= 15 is 0 Å². The highest BCUT2D eigenvalue weighted by atomic mass is 35.5. The zero-order valence-electron chi connectivity index (χ0n) is 11.9. The molecule has 2 aromatic carbocycles. The van der Waals surface area contributed by atoms with Crippen LogP contribution in [0.3, 0.4) is 0 Å². The number of carboxylic acid groups (broad SMARTS) is 1. The van der Waals surface area contributed by atoms with Gasteiger partial charge in [0.05, 0.1) is 5.92 Å². The predicted molar refractivity (Wildman–Crippen MR) is 85.6 cm³/mol. The van der Waals surface area contributed by atoms with Crippen molar-refractivity contribution in [1.82, 2.24) is 0 Å². The van der Waals surface area contributed by atoms with Gasteiger partial charge in [-0.1, -0.05) is 35.3 Å². The zero-order chi connectivity index (χ0) is 17.0. The summed E-state index contributed by atoms with van der Waals surface area (Å²) in [7, 11) is 0. The Labute approximate surface area is 145 Å². The lowest BCUT2D eigenvalue weighted by Gasteiger charge is -2.35. The van der Waals surface area contributed by atoms with Gasteiger partial charge in [-0.3, -0.25) is 0 Å². The van der Waals surface area contributed by atoms with Gasteiger partial charge < -0.3 is 19.9 Å². The smallest absolute Gasteiger partial charge is 0.480 e. The number of nitrogens with one attached hydrogen (secondary N) is 1. The number of carbonyl (C=O) groups is 1. The minimum absolute atomic E-state index is 0.0761. The number of rotatable bonds is 1. The van der Waals surface area contributed by atoms with E-state index in [1.54, 1.807) is 24.3 Å². The summed E-state index contributed by atoms with van der Waals surface area (Å²) in [5, 5.41) is 12.7. The standard InChI is InChI=1S/C16H10Cl2FNO4/c17-6-4-8(18)12-10(5-6)20-15(24-16(21)22)14-11(12)7-2-1-3-9(19)13(7)23-14/h1-5,11,14-15,20H,(H,21,22). The fourth-order valence-corrected chi connectivity index (χ4v) is 3.90. The number of ether oxygens (including phenoxy) is 2. The first kappa shape index (κ1) is 15.4. The first-order chi connectivity index (χ1) is 11.5. The van der Waals surface area contributed by atoms with Gasteiger partial charge in [0, 0.05) is 26.9 Å². The molecule has 124 valence electrons. The molecule has 2 aliphatic rings. The maximum atomic E-state index is 14.1. The maximum absolute atomic E-state index is 14.1. The van der Waals surface area contributed by atoms with E-state index in [1.807, 2.05) is 0 Å². The first-order valence-corrected chi connectivity index (χ1v) is 7.81. The van der Waals surface area contributed by atoms with Crippen LogP contribution >= 0.6 is 23.2 Å². The van der Waals surface area contributed by atoms with E-state index in [-0.39, 0.29) is 5.75 Å². The van der Waals surface area contributed by atoms with Gasteiger partial charge >= 0.3 is 6.16 Å². The molecule has 0 saturated heterocycles. The van der Waals surface area contributed by atoms with Crippen molar-refractivity contribution in [3.8, 4) is 5.75 Å². The van der Waals surface area contributed by atoms with Crippen molar-refractivity contribution in [1.29, 1.82) is 0 Å². The highest BCUT2D eigenvalue weighted by molar-refractivity contribution is 6.35. The Morgan fingerprint density at radius 2 is 2.12 bits per heavy atom. The summed E-state index contributed by atoms with van der Waals surface area (Å²) in [6.07, 6.45) is -3.27. The first-order valence-electron chi connectivity index (χ1n) is 7.06.